The number of hydrogen-bond donors (Lipinski definition) is 0. The molecule has 7 rings (SSSR count). The Morgan fingerprint density at radius 2 is 1.64 bits per heavy atom. The fourth-order valence-corrected chi connectivity index (χ4v) is 6.45. The maximum atomic E-state index is 6.58. The number of rotatable bonds is 8. The summed E-state index contributed by atoms with van der Waals surface area (Å²) in [4.78, 5) is 4.76. The monoisotopic (exact) mass is 797 g/mol. The van der Waals surface area contributed by atoms with Crippen molar-refractivity contribution in [3.63, 3.8) is 0 Å². The fourth-order valence-electron chi connectivity index (χ4n) is 6.45. The molecule has 47 heavy (non-hydrogen) atoms. The van der Waals surface area contributed by atoms with Crippen LogP contribution in [0.2, 0.25) is 0 Å². The molecule has 6 heteroatoms. The van der Waals surface area contributed by atoms with Crippen LogP contribution in [-0.2, 0) is 27.5 Å². The van der Waals surface area contributed by atoms with Crippen LogP contribution in [0.4, 0.5) is 0 Å². The average molecular weight is 798 g/mol. The van der Waals surface area contributed by atoms with Gasteiger partial charge in [0.1, 0.15) is 5.82 Å². The minimum atomic E-state index is 0. The second-order valence-electron chi connectivity index (χ2n) is 12.5. The number of aryl methyl sites for hydroxylation is 3. The summed E-state index contributed by atoms with van der Waals surface area (Å²) in [5.74, 6) is 2.56. The Kier molecular flexibility index (Phi) is 9.21. The van der Waals surface area contributed by atoms with Gasteiger partial charge in [-0.3, -0.25) is 4.68 Å². The van der Waals surface area contributed by atoms with E-state index >= 15 is 0 Å². The first-order valence-corrected chi connectivity index (χ1v) is 16.1. The standard InChI is InChI=1S/C41H38N4O.Pt/c1-7-11-30-21-33(45-29(6)41(28(5)43-45)31-12-9-8-10-13-31)24-35(22-30)46-34-15-16-36-37-23-32(26(2)3)14-17-38(37)44(39(36)25-34)40-20-27(4)18-19-42-40;/h8-10,12-23,26H,7,11H2,1-6H3;/q-2;+2. The van der Waals surface area contributed by atoms with E-state index in [1.807, 2.05) is 29.1 Å². The zero-order chi connectivity index (χ0) is 31.9. The number of fused-ring (bicyclic) bond motifs is 3. The van der Waals surface area contributed by atoms with Gasteiger partial charge in [0.05, 0.1) is 5.69 Å². The van der Waals surface area contributed by atoms with E-state index in [2.05, 4.69) is 125 Å². The van der Waals surface area contributed by atoms with Gasteiger partial charge in [0.2, 0.25) is 0 Å². The Hall–Kier alpha value is -4.47. The summed E-state index contributed by atoms with van der Waals surface area (Å²) in [6, 6.07) is 36.8. The van der Waals surface area contributed by atoms with Crippen LogP contribution in [0.5, 0.6) is 11.5 Å². The molecule has 4 aromatic carbocycles. The molecule has 3 heterocycles. The molecular formula is C41H38N4OPt. The fraction of sp³-hybridized carbons (Fsp3) is 0.220. The van der Waals surface area contributed by atoms with E-state index in [1.165, 1.54) is 16.5 Å². The van der Waals surface area contributed by atoms with Gasteiger partial charge >= 0.3 is 21.1 Å². The Bertz CT molecular complexity index is 2210. The number of pyridine rings is 1. The first-order chi connectivity index (χ1) is 22.3. The van der Waals surface area contributed by atoms with Crippen LogP contribution in [0.25, 0.3) is 44.4 Å². The van der Waals surface area contributed by atoms with E-state index < -0.39 is 0 Å². The van der Waals surface area contributed by atoms with Crippen LogP contribution in [0.3, 0.4) is 0 Å². The quantitative estimate of drug-likeness (QED) is 0.144. The summed E-state index contributed by atoms with van der Waals surface area (Å²) in [5, 5.41) is 7.26. The number of aromatic nitrogens is 4. The summed E-state index contributed by atoms with van der Waals surface area (Å²) in [5.41, 5.74) is 10.9. The van der Waals surface area contributed by atoms with Crippen molar-refractivity contribution in [2.45, 2.75) is 60.3 Å². The first-order valence-electron chi connectivity index (χ1n) is 16.1. The number of nitrogens with zero attached hydrogens (tertiary/aromatic N) is 4. The van der Waals surface area contributed by atoms with Gasteiger partial charge in [0.25, 0.3) is 0 Å². The molecule has 0 radical (unpaired) electrons. The van der Waals surface area contributed by atoms with E-state index in [4.69, 9.17) is 14.8 Å². The molecule has 5 nitrogen and oxygen atoms in total. The minimum absolute atomic E-state index is 0. The molecule has 7 aromatic rings. The molecule has 0 unspecified atom stereocenters. The van der Waals surface area contributed by atoms with Gasteiger partial charge in [-0.2, -0.15) is 16.7 Å². The largest absolute Gasteiger partial charge is 2.00 e. The van der Waals surface area contributed by atoms with Crippen molar-refractivity contribution >= 4 is 21.8 Å². The maximum absolute atomic E-state index is 6.58. The number of benzene rings is 4. The predicted molar refractivity (Wildman–Crippen MR) is 188 cm³/mol. The molecule has 0 saturated heterocycles. The SMILES string of the molecule is CCCc1cc(Oc2[c-]c3c(cc2)c2cc(C(C)C)ccc2n3-c2cc(C)ccn2)[c-]c(-n2nc(C)c(-c3ccccc3)c2C)c1.[Pt+2]. The summed E-state index contributed by atoms with van der Waals surface area (Å²) >= 11 is 0. The molecule has 0 aliphatic carbocycles. The van der Waals surface area contributed by atoms with Crippen molar-refractivity contribution in [1.82, 2.24) is 19.3 Å². The third-order valence-electron chi connectivity index (χ3n) is 8.70. The van der Waals surface area contributed by atoms with Gasteiger partial charge in [-0.1, -0.05) is 81.6 Å². The smallest absolute Gasteiger partial charge is 0.509 e. The maximum Gasteiger partial charge on any atom is 2.00 e. The summed E-state index contributed by atoms with van der Waals surface area (Å²) in [6.45, 7) is 12.9. The first kappa shape index (κ1) is 32.5. The number of hydrogen-bond acceptors (Lipinski definition) is 3. The molecule has 3 aromatic heterocycles. The van der Waals surface area contributed by atoms with Crippen molar-refractivity contribution in [2.75, 3.05) is 0 Å². The summed E-state index contributed by atoms with van der Waals surface area (Å²) < 4.78 is 10.8. The third-order valence-corrected chi connectivity index (χ3v) is 8.70. The van der Waals surface area contributed by atoms with Gasteiger partial charge in [0.15, 0.2) is 0 Å². The van der Waals surface area contributed by atoms with Crippen LogP contribution in [0.15, 0.2) is 91.1 Å². The van der Waals surface area contributed by atoms with Crippen LogP contribution < -0.4 is 4.74 Å². The molecule has 0 fully saturated rings. The van der Waals surface area contributed by atoms with Gasteiger partial charge in [-0.25, -0.2) is 4.98 Å². The molecule has 0 amide bonds. The molecule has 238 valence electrons. The van der Waals surface area contributed by atoms with Crippen molar-refractivity contribution < 1.29 is 25.8 Å². The van der Waals surface area contributed by atoms with Crippen LogP contribution in [0.1, 0.15) is 61.2 Å². The minimum Gasteiger partial charge on any atom is -0.509 e. The van der Waals surface area contributed by atoms with Crippen LogP contribution in [-0.4, -0.2) is 19.3 Å². The summed E-state index contributed by atoms with van der Waals surface area (Å²) in [6.07, 6.45) is 3.81. The zero-order valence-corrected chi connectivity index (χ0v) is 29.9. The summed E-state index contributed by atoms with van der Waals surface area (Å²) in [7, 11) is 0. The second-order valence-corrected chi connectivity index (χ2v) is 12.5. The second kappa shape index (κ2) is 13.3. The van der Waals surface area contributed by atoms with Crippen molar-refractivity contribution in [3.8, 4) is 34.1 Å². The Morgan fingerprint density at radius 1 is 0.830 bits per heavy atom. The Balaban J connectivity index is 0.00000386. The van der Waals surface area contributed by atoms with Crippen LogP contribution in [0, 0.1) is 32.9 Å². The van der Waals surface area contributed by atoms with Gasteiger partial charge in [-0.05, 0) is 72.7 Å². The molecule has 0 aliphatic heterocycles. The van der Waals surface area contributed by atoms with Crippen molar-refractivity contribution in [2.24, 2.45) is 0 Å². The zero-order valence-electron chi connectivity index (χ0n) is 27.7. The van der Waals surface area contributed by atoms with Crippen LogP contribution >= 0.6 is 0 Å². The van der Waals surface area contributed by atoms with Gasteiger partial charge in [-0.15, -0.1) is 35.7 Å². The molecule has 0 atom stereocenters. The topological polar surface area (TPSA) is 44.9 Å². The Labute approximate surface area is 291 Å². The average Bonchev–Trinajstić information content (AvgIpc) is 3.53. The Morgan fingerprint density at radius 3 is 2.38 bits per heavy atom. The molecular weight excluding hydrogens is 760 g/mol. The molecule has 0 saturated carbocycles. The van der Waals surface area contributed by atoms with E-state index in [0.29, 0.717) is 17.4 Å². The number of ether oxygens (including phenoxy) is 1. The molecule has 0 N–H and O–H groups in total. The normalized spacial score (nSPS) is 11.4. The van der Waals surface area contributed by atoms with Crippen molar-refractivity contribution in [1.29, 1.82) is 0 Å². The van der Waals surface area contributed by atoms with E-state index in [0.717, 1.165) is 68.8 Å². The molecule has 0 spiro atoms. The predicted octanol–water partition coefficient (Wildman–Crippen LogP) is 10.4. The van der Waals surface area contributed by atoms with E-state index in [1.54, 1.807) is 0 Å². The van der Waals surface area contributed by atoms with Gasteiger partial charge in [0, 0.05) is 34.5 Å². The van der Waals surface area contributed by atoms with E-state index in [-0.39, 0.29) is 21.1 Å². The third kappa shape index (κ3) is 6.17. The van der Waals surface area contributed by atoms with E-state index in [9.17, 15) is 0 Å². The molecule has 0 bridgehead atoms. The van der Waals surface area contributed by atoms with Gasteiger partial charge < -0.3 is 9.30 Å². The van der Waals surface area contributed by atoms with Crippen molar-refractivity contribution in [3.05, 3.63) is 131 Å². The molecule has 0 aliphatic rings.